The van der Waals surface area contributed by atoms with Crippen LogP contribution >= 0.6 is 0 Å². The van der Waals surface area contributed by atoms with Crippen LogP contribution < -0.4 is 9.47 Å². The van der Waals surface area contributed by atoms with E-state index in [4.69, 9.17) is 9.47 Å². The van der Waals surface area contributed by atoms with E-state index in [0.717, 1.165) is 44.1 Å². The van der Waals surface area contributed by atoms with Gasteiger partial charge in [-0.3, -0.25) is 4.90 Å². The molecule has 1 aliphatic rings. The normalized spacial score (nSPS) is 18.8. The number of rotatable bonds is 5. The van der Waals surface area contributed by atoms with Gasteiger partial charge in [-0.15, -0.1) is 0 Å². The van der Waals surface area contributed by atoms with Crippen molar-refractivity contribution in [3.05, 3.63) is 23.8 Å². The Labute approximate surface area is 122 Å². The minimum atomic E-state index is 0.557. The Morgan fingerprint density at radius 1 is 1.05 bits per heavy atom. The zero-order chi connectivity index (χ0) is 14.5. The van der Waals surface area contributed by atoms with Crippen LogP contribution in [0.3, 0.4) is 0 Å². The zero-order valence-corrected chi connectivity index (χ0v) is 13.1. The van der Waals surface area contributed by atoms with Gasteiger partial charge in [-0.2, -0.15) is 0 Å². The summed E-state index contributed by atoms with van der Waals surface area (Å²) in [5, 5.41) is 0. The predicted octanol–water partition coefficient (Wildman–Crippen LogP) is 1.88. The van der Waals surface area contributed by atoms with Crippen LogP contribution in [0.25, 0.3) is 0 Å². The van der Waals surface area contributed by atoms with E-state index in [1.807, 2.05) is 6.07 Å². The van der Waals surface area contributed by atoms with Crippen LogP contribution in [-0.2, 0) is 6.42 Å². The van der Waals surface area contributed by atoms with Crippen LogP contribution in [0.5, 0.6) is 11.5 Å². The van der Waals surface area contributed by atoms with Gasteiger partial charge in [0.05, 0.1) is 14.2 Å². The summed E-state index contributed by atoms with van der Waals surface area (Å²) in [5.74, 6) is 1.61. The first-order chi connectivity index (χ1) is 9.63. The molecule has 1 aromatic rings. The number of piperazine rings is 1. The van der Waals surface area contributed by atoms with Gasteiger partial charge in [0.15, 0.2) is 11.5 Å². The second-order valence-electron chi connectivity index (χ2n) is 5.58. The van der Waals surface area contributed by atoms with Crippen LogP contribution in [0.2, 0.25) is 0 Å². The highest BCUT2D eigenvalue weighted by Gasteiger charge is 2.19. The highest BCUT2D eigenvalue weighted by Crippen LogP contribution is 2.28. The second kappa shape index (κ2) is 6.95. The van der Waals surface area contributed by atoms with Crippen molar-refractivity contribution < 1.29 is 9.47 Å². The van der Waals surface area contributed by atoms with E-state index in [9.17, 15) is 0 Å². The smallest absolute Gasteiger partial charge is 0.160 e. The molecule has 0 bridgehead atoms. The topological polar surface area (TPSA) is 24.9 Å². The van der Waals surface area contributed by atoms with Gasteiger partial charge in [-0.25, -0.2) is 0 Å². The molecule has 1 unspecified atom stereocenters. The summed E-state index contributed by atoms with van der Waals surface area (Å²) in [4.78, 5) is 4.95. The lowest BCUT2D eigenvalue weighted by molar-refractivity contribution is 0.118. The molecule has 2 rings (SSSR count). The number of hydrogen-bond acceptors (Lipinski definition) is 4. The van der Waals surface area contributed by atoms with Gasteiger partial charge in [0.25, 0.3) is 0 Å². The fourth-order valence-corrected chi connectivity index (χ4v) is 2.74. The Hall–Kier alpha value is -1.26. The molecule has 0 aromatic heterocycles. The maximum atomic E-state index is 5.37. The molecular formula is C16H26N2O2. The molecule has 4 heteroatoms. The Bertz CT molecular complexity index is 428. The summed E-state index contributed by atoms with van der Waals surface area (Å²) in [5.41, 5.74) is 1.30. The summed E-state index contributed by atoms with van der Waals surface area (Å²) in [6.07, 6.45) is 1.05. The van der Waals surface area contributed by atoms with Crippen molar-refractivity contribution in [1.82, 2.24) is 9.80 Å². The van der Waals surface area contributed by atoms with E-state index in [1.54, 1.807) is 14.2 Å². The van der Waals surface area contributed by atoms with Crippen molar-refractivity contribution >= 4 is 0 Å². The van der Waals surface area contributed by atoms with E-state index in [1.165, 1.54) is 5.56 Å². The van der Waals surface area contributed by atoms with E-state index in [0.29, 0.717) is 6.04 Å². The Kier molecular flexibility index (Phi) is 5.26. The third-order valence-corrected chi connectivity index (χ3v) is 4.14. The van der Waals surface area contributed by atoms with Gasteiger partial charge in [0.1, 0.15) is 0 Å². The van der Waals surface area contributed by atoms with Gasteiger partial charge in [-0.1, -0.05) is 6.07 Å². The van der Waals surface area contributed by atoms with Crippen LogP contribution in [-0.4, -0.2) is 63.3 Å². The molecule has 1 atom stereocenters. The van der Waals surface area contributed by atoms with E-state index >= 15 is 0 Å². The van der Waals surface area contributed by atoms with Gasteiger partial charge >= 0.3 is 0 Å². The summed E-state index contributed by atoms with van der Waals surface area (Å²) in [6.45, 7) is 6.95. The lowest BCUT2D eigenvalue weighted by atomic mass is 10.0. The third-order valence-electron chi connectivity index (χ3n) is 4.14. The number of likely N-dealkylation sites (N-methyl/N-ethyl adjacent to an activating group) is 1. The van der Waals surface area contributed by atoms with Crippen molar-refractivity contribution in [3.63, 3.8) is 0 Å². The van der Waals surface area contributed by atoms with Crippen LogP contribution in [0.1, 0.15) is 12.5 Å². The molecule has 0 saturated carbocycles. The van der Waals surface area contributed by atoms with Gasteiger partial charge in [0.2, 0.25) is 0 Å². The van der Waals surface area contributed by atoms with E-state index in [-0.39, 0.29) is 0 Å². The summed E-state index contributed by atoms with van der Waals surface area (Å²) in [6, 6.07) is 6.77. The van der Waals surface area contributed by atoms with Crippen LogP contribution in [0.15, 0.2) is 18.2 Å². The maximum Gasteiger partial charge on any atom is 0.160 e. The van der Waals surface area contributed by atoms with Crippen molar-refractivity contribution in [3.8, 4) is 11.5 Å². The quantitative estimate of drug-likeness (QED) is 0.821. The molecule has 0 amide bonds. The number of methoxy groups -OCH3 is 2. The molecule has 20 heavy (non-hydrogen) atoms. The maximum absolute atomic E-state index is 5.37. The Morgan fingerprint density at radius 3 is 2.30 bits per heavy atom. The van der Waals surface area contributed by atoms with Crippen LogP contribution in [0.4, 0.5) is 0 Å². The highest BCUT2D eigenvalue weighted by molar-refractivity contribution is 5.43. The molecule has 1 aliphatic heterocycles. The third kappa shape index (κ3) is 3.64. The SMILES string of the molecule is COc1ccc(CC(C)N2CCN(C)CC2)cc1OC. The average molecular weight is 278 g/mol. The minimum Gasteiger partial charge on any atom is -0.493 e. The molecule has 0 radical (unpaired) electrons. The minimum absolute atomic E-state index is 0.557. The molecule has 1 aromatic carbocycles. The molecule has 0 spiro atoms. The van der Waals surface area contributed by atoms with Gasteiger partial charge in [0, 0.05) is 32.2 Å². The number of nitrogens with zero attached hydrogens (tertiary/aromatic N) is 2. The van der Waals surface area contributed by atoms with Gasteiger partial charge in [-0.05, 0) is 38.1 Å². The average Bonchev–Trinajstić information content (AvgIpc) is 2.47. The predicted molar refractivity (Wildman–Crippen MR) is 81.8 cm³/mol. The second-order valence-corrected chi connectivity index (χ2v) is 5.58. The monoisotopic (exact) mass is 278 g/mol. The largest absolute Gasteiger partial charge is 0.493 e. The lowest BCUT2D eigenvalue weighted by Gasteiger charge is -2.36. The van der Waals surface area contributed by atoms with Gasteiger partial charge < -0.3 is 14.4 Å². The Morgan fingerprint density at radius 2 is 1.70 bits per heavy atom. The van der Waals surface area contributed by atoms with Crippen molar-refractivity contribution in [1.29, 1.82) is 0 Å². The molecule has 112 valence electrons. The zero-order valence-electron chi connectivity index (χ0n) is 13.1. The van der Waals surface area contributed by atoms with Crippen molar-refractivity contribution in [2.75, 3.05) is 47.4 Å². The van der Waals surface area contributed by atoms with Crippen molar-refractivity contribution in [2.45, 2.75) is 19.4 Å². The van der Waals surface area contributed by atoms with E-state index in [2.05, 4.69) is 35.9 Å². The number of ether oxygens (including phenoxy) is 2. The molecule has 1 heterocycles. The number of benzene rings is 1. The first kappa shape index (κ1) is 15.1. The van der Waals surface area contributed by atoms with Crippen molar-refractivity contribution in [2.24, 2.45) is 0 Å². The molecule has 1 saturated heterocycles. The summed E-state index contributed by atoms with van der Waals surface area (Å²) in [7, 11) is 5.55. The molecule has 0 aliphatic carbocycles. The highest BCUT2D eigenvalue weighted by atomic mass is 16.5. The fraction of sp³-hybridized carbons (Fsp3) is 0.625. The molecule has 4 nitrogen and oxygen atoms in total. The Balaban J connectivity index is 1.98. The standard InChI is InChI=1S/C16H26N2O2/c1-13(18-9-7-17(2)8-10-18)11-14-5-6-15(19-3)16(12-14)20-4/h5-6,12-13H,7-11H2,1-4H3. The lowest BCUT2D eigenvalue weighted by Crippen LogP contribution is -2.48. The number of hydrogen-bond donors (Lipinski definition) is 0. The molecular weight excluding hydrogens is 252 g/mol. The first-order valence-electron chi connectivity index (χ1n) is 7.27. The molecule has 0 N–H and O–H groups in total. The summed E-state index contributed by atoms with van der Waals surface area (Å²) >= 11 is 0. The fourth-order valence-electron chi connectivity index (χ4n) is 2.74. The van der Waals surface area contributed by atoms with E-state index < -0.39 is 0 Å². The summed E-state index contributed by atoms with van der Waals surface area (Å²) < 4.78 is 10.7. The molecule has 1 fully saturated rings. The first-order valence-corrected chi connectivity index (χ1v) is 7.27. The van der Waals surface area contributed by atoms with Crippen LogP contribution in [0, 0.1) is 0 Å².